The van der Waals surface area contributed by atoms with Crippen LogP contribution in [0.5, 0.6) is 5.75 Å². The lowest BCUT2D eigenvalue weighted by atomic mass is 9.90. The second kappa shape index (κ2) is 7.77. The van der Waals surface area contributed by atoms with Crippen molar-refractivity contribution >= 4 is 15.9 Å². The van der Waals surface area contributed by atoms with Crippen LogP contribution in [0.25, 0.3) is 0 Å². The summed E-state index contributed by atoms with van der Waals surface area (Å²) in [5, 5.41) is 12.3. The maximum absolute atomic E-state index is 8.92. The Hall–Kier alpha value is -0.580. The minimum absolute atomic E-state index is 0.131. The van der Waals surface area contributed by atoms with Crippen molar-refractivity contribution in [3.05, 3.63) is 28.7 Å². The SMILES string of the molecule is CC(C)(CCO)CNCCOc1ccc(Br)cc1. The van der Waals surface area contributed by atoms with Gasteiger partial charge in [-0.2, -0.15) is 0 Å². The number of halogens is 1. The Balaban J connectivity index is 2.14. The number of hydrogen-bond donors (Lipinski definition) is 2. The van der Waals surface area contributed by atoms with Gasteiger partial charge in [-0.25, -0.2) is 0 Å². The molecule has 1 aromatic rings. The lowest BCUT2D eigenvalue weighted by Crippen LogP contribution is -2.32. The molecule has 0 aliphatic rings. The van der Waals surface area contributed by atoms with Crippen molar-refractivity contribution in [1.29, 1.82) is 0 Å². The van der Waals surface area contributed by atoms with E-state index in [0.717, 1.165) is 29.7 Å². The smallest absolute Gasteiger partial charge is 0.119 e. The Labute approximate surface area is 118 Å². The number of aliphatic hydroxyl groups excluding tert-OH is 1. The summed E-state index contributed by atoms with van der Waals surface area (Å²) in [6.07, 6.45) is 0.813. The highest BCUT2D eigenvalue weighted by Gasteiger charge is 2.15. The molecule has 1 rings (SSSR count). The van der Waals surface area contributed by atoms with E-state index < -0.39 is 0 Å². The van der Waals surface area contributed by atoms with Crippen LogP contribution in [0.1, 0.15) is 20.3 Å². The fourth-order valence-electron chi connectivity index (χ4n) is 1.59. The van der Waals surface area contributed by atoms with Gasteiger partial charge in [0.1, 0.15) is 12.4 Å². The summed E-state index contributed by atoms with van der Waals surface area (Å²) in [6, 6.07) is 7.82. The molecule has 0 radical (unpaired) electrons. The fourth-order valence-corrected chi connectivity index (χ4v) is 1.85. The van der Waals surface area contributed by atoms with Crippen molar-refractivity contribution in [1.82, 2.24) is 5.32 Å². The molecule has 18 heavy (non-hydrogen) atoms. The molecule has 0 fully saturated rings. The first-order chi connectivity index (χ1) is 8.53. The van der Waals surface area contributed by atoms with E-state index in [0.29, 0.717) is 6.61 Å². The molecule has 0 heterocycles. The number of rotatable bonds is 8. The maximum atomic E-state index is 8.92. The lowest BCUT2D eigenvalue weighted by Gasteiger charge is -2.23. The minimum Gasteiger partial charge on any atom is -0.492 e. The zero-order valence-corrected chi connectivity index (χ0v) is 12.7. The Morgan fingerprint density at radius 2 is 1.94 bits per heavy atom. The normalized spacial score (nSPS) is 11.6. The second-order valence-corrected chi connectivity index (χ2v) is 6.03. The van der Waals surface area contributed by atoms with Crippen molar-refractivity contribution in [3.8, 4) is 5.75 Å². The average Bonchev–Trinajstić information content (AvgIpc) is 2.31. The molecule has 0 unspecified atom stereocenters. The molecular weight excluding hydrogens is 294 g/mol. The zero-order chi connectivity index (χ0) is 13.4. The summed E-state index contributed by atoms with van der Waals surface area (Å²) in [4.78, 5) is 0. The summed E-state index contributed by atoms with van der Waals surface area (Å²) >= 11 is 3.39. The van der Waals surface area contributed by atoms with Crippen LogP contribution in [0.4, 0.5) is 0 Å². The number of ether oxygens (including phenoxy) is 1. The fraction of sp³-hybridized carbons (Fsp3) is 0.571. The predicted octanol–water partition coefficient (Wildman–Crippen LogP) is 2.83. The van der Waals surface area contributed by atoms with Crippen LogP contribution in [0, 0.1) is 5.41 Å². The molecule has 0 spiro atoms. The van der Waals surface area contributed by atoms with Crippen LogP contribution in [-0.4, -0.2) is 31.4 Å². The quantitative estimate of drug-likeness (QED) is 0.725. The van der Waals surface area contributed by atoms with Crippen molar-refractivity contribution in [2.75, 3.05) is 26.3 Å². The van der Waals surface area contributed by atoms with Crippen LogP contribution in [0.2, 0.25) is 0 Å². The molecule has 0 aliphatic heterocycles. The molecule has 102 valence electrons. The Kier molecular flexibility index (Phi) is 6.68. The Bertz CT molecular complexity index is 338. The molecule has 1 aromatic carbocycles. The molecule has 3 nitrogen and oxygen atoms in total. The van der Waals surface area contributed by atoms with Crippen LogP contribution < -0.4 is 10.1 Å². The Morgan fingerprint density at radius 3 is 2.56 bits per heavy atom. The van der Waals surface area contributed by atoms with E-state index in [1.807, 2.05) is 24.3 Å². The third kappa shape index (κ3) is 6.38. The van der Waals surface area contributed by atoms with E-state index in [9.17, 15) is 0 Å². The molecule has 0 saturated carbocycles. The van der Waals surface area contributed by atoms with E-state index in [-0.39, 0.29) is 12.0 Å². The number of nitrogens with one attached hydrogen (secondary N) is 1. The summed E-state index contributed by atoms with van der Waals surface area (Å²) in [5.74, 6) is 0.884. The van der Waals surface area contributed by atoms with Gasteiger partial charge in [0.25, 0.3) is 0 Å². The van der Waals surface area contributed by atoms with Gasteiger partial charge in [0.05, 0.1) is 0 Å². The van der Waals surface area contributed by atoms with E-state index >= 15 is 0 Å². The summed E-state index contributed by atoms with van der Waals surface area (Å²) in [6.45, 7) is 6.88. The average molecular weight is 316 g/mol. The summed E-state index contributed by atoms with van der Waals surface area (Å²) in [5.41, 5.74) is 0.131. The molecule has 0 saturated heterocycles. The van der Waals surface area contributed by atoms with Gasteiger partial charge in [0.15, 0.2) is 0 Å². The van der Waals surface area contributed by atoms with Gasteiger partial charge < -0.3 is 15.2 Å². The van der Waals surface area contributed by atoms with Crippen LogP contribution >= 0.6 is 15.9 Å². The molecule has 4 heteroatoms. The summed E-state index contributed by atoms with van der Waals surface area (Å²) < 4.78 is 6.66. The van der Waals surface area contributed by atoms with Gasteiger partial charge in [-0.15, -0.1) is 0 Å². The van der Waals surface area contributed by atoms with E-state index in [4.69, 9.17) is 9.84 Å². The molecule has 0 aromatic heterocycles. The second-order valence-electron chi connectivity index (χ2n) is 5.12. The van der Waals surface area contributed by atoms with E-state index in [1.165, 1.54) is 0 Å². The molecular formula is C14H22BrNO2. The topological polar surface area (TPSA) is 41.5 Å². The third-order valence-corrected chi connectivity index (χ3v) is 3.28. The van der Waals surface area contributed by atoms with Gasteiger partial charge in [-0.3, -0.25) is 0 Å². The largest absolute Gasteiger partial charge is 0.492 e. The first-order valence-corrected chi connectivity index (χ1v) is 7.03. The minimum atomic E-state index is 0.131. The molecule has 2 N–H and O–H groups in total. The zero-order valence-electron chi connectivity index (χ0n) is 11.1. The van der Waals surface area contributed by atoms with Gasteiger partial charge in [0, 0.05) is 24.2 Å². The molecule has 0 atom stereocenters. The van der Waals surface area contributed by atoms with Crippen molar-refractivity contribution in [2.24, 2.45) is 5.41 Å². The van der Waals surface area contributed by atoms with Gasteiger partial charge in [0.2, 0.25) is 0 Å². The van der Waals surface area contributed by atoms with Gasteiger partial charge >= 0.3 is 0 Å². The number of aliphatic hydroxyl groups is 1. The number of benzene rings is 1. The highest BCUT2D eigenvalue weighted by Crippen LogP contribution is 2.18. The maximum Gasteiger partial charge on any atom is 0.119 e. The third-order valence-electron chi connectivity index (χ3n) is 2.75. The number of hydrogen-bond acceptors (Lipinski definition) is 3. The highest BCUT2D eigenvalue weighted by atomic mass is 79.9. The Morgan fingerprint density at radius 1 is 1.28 bits per heavy atom. The van der Waals surface area contributed by atoms with Crippen molar-refractivity contribution in [3.63, 3.8) is 0 Å². The van der Waals surface area contributed by atoms with Gasteiger partial charge in [-0.1, -0.05) is 29.8 Å². The van der Waals surface area contributed by atoms with Crippen LogP contribution in [-0.2, 0) is 0 Å². The highest BCUT2D eigenvalue weighted by molar-refractivity contribution is 9.10. The standard InChI is InChI=1S/C14H22BrNO2/c1-14(2,7-9-17)11-16-8-10-18-13-5-3-12(15)4-6-13/h3-6,16-17H,7-11H2,1-2H3. The van der Waals surface area contributed by atoms with E-state index in [1.54, 1.807) is 0 Å². The monoisotopic (exact) mass is 315 g/mol. The van der Waals surface area contributed by atoms with Crippen molar-refractivity contribution in [2.45, 2.75) is 20.3 Å². The van der Waals surface area contributed by atoms with E-state index in [2.05, 4.69) is 35.1 Å². The molecule has 0 aliphatic carbocycles. The predicted molar refractivity (Wildman–Crippen MR) is 78.0 cm³/mol. The molecule has 0 bridgehead atoms. The first-order valence-electron chi connectivity index (χ1n) is 6.23. The van der Waals surface area contributed by atoms with Crippen molar-refractivity contribution < 1.29 is 9.84 Å². The van der Waals surface area contributed by atoms with Gasteiger partial charge in [-0.05, 0) is 36.1 Å². The van der Waals surface area contributed by atoms with Crippen LogP contribution in [0.3, 0.4) is 0 Å². The molecule has 0 amide bonds. The first kappa shape index (κ1) is 15.5. The summed E-state index contributed by atoms with van der Waals surface area (Å²) in [7, 11) is 0. The van der Waals surface area contributed by atoms with Crippen LogP contribution in [0.15, 0.2) is 28.7 Å². The lowest BCUT2D eigenvalue weighted by molar-refractivity contribution is 0.204.